The first-order chi connectivity index (χ1) is 10.5. The Morgan fingerprint density at radius 2 is 1.91 bits per heavy atom. The SMILES string of the molecule is CCNC(=NCCC1CCN(CC)CC1)N1CCC(C)(C)C1. The van der Waals surface area contributed by atoms with E-state index >= 15 is 0 Å². The number of hydrogen-bond acceptors (Lipinski definition) is 2. The third-order valence-corrected chi connectivity index (χ3v) is 5.27. The fourth-order valence-electron chi connectivity index (χ4n) is 3.66. The van der Waals surface area contributed by atoms with Gasteiger partial charge in [-0.25, -0.2) is 0 Å². The Hall–Kier alpha value is -0.770. The van der Waals surface area contributed by atoms with E-state index < -0.39 is 0 Å². The van der Waals surface area contributed by atoms with Crippen LogP contribution >= 0.6 is 0 Å². The Labute approximate surface area is 137 Å². The summed E-state index contributed by atoms with van der Waals surface area (Å²) in [5.74, 6) is 2.02. The summed E-state index contributed by atoms with van der Waals surface area (Å²) < 4.78 is 0. The first-order valence-corrected chi connectivity index (χ1v) is 9.29. The Morgan fingerprint density at radius 3 is 2.45 bits per heavy atom. The molecule has 2 rings (SSSR count). The van der Waals surface area contributed by atoms with Gasteiger partial charge in [0.2, 0.25) is 0 Å². The summed E-state index contributed by atoms with van der Waals surface area (Å²) in [6.45, 7) is 17.1. The Morgan fingerprint density at radius 1 is 1.18 bits per heavy atom. The summed E-state index contributed by atoms with van der Waals surface area (Å²) in [6, 6.07) is 0. The van der Waals surface area contributed by atoms with Gasteiger partial charge >= 0.3 is 0 Å². The lowest BCUT2D eigenvalue weighted by Crippen LogP contribution is -2.41. The average molecular weight is 309 g/mol. The van der Waals surface area contributed by atoms with Crippen LogP contribution < -0.4 is 5.32 Å². The standard InChI is InChI=1S/C18H36N4/c1-5-19-17(22-14-10-18(3,4)15-22)20-11-7-16-8-12-21(6-2)13-9-16/h16H,5-15H2,1-4H3,(H,19,20). The lowest BCUT2D eigenvalue weighted by molar-refractivity contribution is 0.188. The number of nitrogens with one attached hydrogen (secondary N) is 1. The molecule has 0 unspecified atom stereocenters. The van der Waals surface area contributed by atoms with Crippen molar-refractivity contribution in [3.63, 3.8) is 0 Å². The second-order valence-corrected chi connectivity index (χ2v) is 7.74. The Kier molecular flexibility index (Phi) is 6.54. The van der Waals surface area contributed by atoms with Crippen molar-refractivity contribution in [3.05, 3.63) is 0 Å². The van der Waals surface area contributed by atoms with Crippen LogP contribution in [0.3, 0.4) is 0 Å². The van der Waals surface area contributed by atoms with Crippen molar-refractivity contribution in [3.8, 4) is 0 Å². The maximum atomic E-state index is 4.91. The van der Waals surface area contributed by atoms with E-state index in [9.17, 15) is 0 Å². The normalized spacial score (nSPS) is 24.0. The van der Waals surface area contributed by atoms with Crippen molar-refractivity contribution in [2.24, 2.45) is 16.3 Å². The smallest absolute Gasteiger partial charge is 0.193 e. The van der Waals surface area contributed by atoms with Crippen LogP contribution in [0.25, 0.3) is 0 Å². The van der Waals surface area contributed by atoms with Gasteiger partial charge in [0.05, 0.1) is 0 Å². The number of likely N-dealkylation sites (tertiary alicyclic amines) is 2. The molecule has 2 heterocycles. The molecule has 0 amide bonds. The second kappa shape index (κ2) is 8.19. The highest BCUT2D eigenvalue weighted by Crippen LogP contribution is 2.28. The van der Waals surface area contributed by atoms with Crippen molar-refractivity contribution < 1.29 is 0 Å². The molecule has 0 saturated carbocycles. The van der Waals surface area contributed by atoms with Crippen LogP contribution in [0, 0.1) is 11.3 Å². The molecule has 2 aliphatic rings. The molecule has 0 radical (unpaired) electrons. The van der Waals surface area contributed by atoms with Crippen LogP contribution in [0.1, 0.15) is 53.4 Å². The molecule has 0 aliphatic carbocycles. The summed E-state index contributed by atoms with van der Waals surface area (Å²) in [7, 11) is 0. The molecular formula is C18H36N4. The average Bonchev–Trinajstić information content (AvgIpc) is 2.87. The first-order valence-electron chi connectivity index (χ1n) is 9.29. The van der Waals surface area contributed by atoms with Crippen molar-refractivity contribution >= 4 is 5.96 Å². The van der Waals surface area contributed by atoms with E-state index in [2.05, 4.69) is 42.8 Å². The zero-order chi connectivity index (χ0) is 16.0. The van der Waals surface area contributed by atoms with Crippen LogP contribution in [0.2, 0.25) is 0 Å². The molecule has 0 aromatic carbocycles. The van der Waals surface area contributed by atoms with Gasteiger partial charge in [0.25, 0.3) is 0 Å². The van der Waals surface area contributed by atoms with E-state index in [1.807, 2.05) is 0 Å². The van der Waals surface area contributed by atoms with Crippen LogP contribution in [0.5, 0.6) is 0 Å². The van der Waals surface area contributed by atoms with Crippen molar-refractivity contribution in [2.75, 3.05) is 45.8 Å². The number of nitrogens with zero attached hydrogens (tertiary/aromatic N) is 3. The minimum absolute atomic E-state index is 0.434. The molecule has 22 heavy (non-hydrogen) atoms. The molecule has 0 aromatic rings. The number of rotatable bonds is 5. The maximum absolute atomic E-state index is 4.91. The molecule has 4 heteroatoms. The molecular weight excluding hydrogens is 272 g/mol. The number of hydrogen-bond donors (Lipinski definition) is 1. The maximum Gasteiger partial charge on any atom is 0.193 e. The summed E-state index contributed by atoms with van der Waals surface area (Å²) in [5.41, 5.74) is 0.434. The van der Waals surface area contributed by atoms with Gasteiger partial charge in [0.15, 0.2) is 5.96 Å². The van der Waals surface area contributed by atoms with Gasteiger partial charge in [-0.2, -0.15) is 0 Å². The highest BCUT2D eigenvalue weighted by atomic mass is 15.3. The van der Waals surface area contributed by atoms with Crippen molar-refractivity contribution in [1.29, 1.82) is 0 Å². The van der Waals surface area contributed by atoms with Gasteiger partial charge < -0.3 is 15.1 Å². The Bertz CT molecular complexity index is 356. The molecule has 2 fully saturated rings. The largest absolute Gasteiger partial charge is 0.357 e. The van der Waals surface area contributed by atoms with Crippen LogP contribution in [0.15, 0.2) is 4.99 Å². The monoisotopic (exact) mass is 308 g/mol. The second-order valence-electron chi connectivity index (χ2n) is 7.74. The predicted octanol–water partition coefficient (Wildman–Crippen LogP) is 2.81. The van der Waals surface area contributed by atoms with E-state index in [-0.39, 0.29) is 0 Å². The molecule has 0 aromatic heterocycles. The molecule has 0 atom stereocenters. The molecule has 0 spiro atoms. The van der Waals surface area contributed by atoms with Crippen molar-refractivity contribution in [1.82, 2.24) is 15.1 Å². The third-order valence-electron chi connectivity index (χ3n) is 5.27. The summed E-state index contributed by atoms with van der Waals surface area (Å²) in [6.07, 6.45) is 5.24. The Balaban J connectivity index is 1.78. The predicted molar refractivity (Wildman–Crippen MR) is 95.4 cm³/mol. The van der Waals surface area contributed by atoms with Gasteiger partial charge in [0, 0.05) is 26.2 Å². The first kappa shape index (κ1) is 17.6. The van der Waals surface area contributed by atoms with Crippen LogP contribution in [-0.2, 0) is 0 Å². The minimum Gasteiger partial charge on any atom is -0.357 e. The quantitative estimate of drug-likeness (QED) is 0.626. The zero-order valence-electron chi connectivity index (χ0n) is 15.2. The summed E-state index contributed by atoms with van der Waals surface area (Å²) in [5, 5.41) is 3.48. The van der Waals surface area contributed by atoms with Gasteiger partial charge in [0.1, 0.15) is 0 Å². The van der Waals surface area contributed by atoms with Crippen LogP contribution in [0.4, 0.5) is 0 Å². The van der Waals surface area contributed by atoms with Gasteiger partial charge in [-0.1, -0.05) is 20.8 Å². The van der Waals surface area contributed by atoms with E-state index in [1.165, 1.54) is 45.3 Å². The molecule has 2 saturated heterocycles. The van der Waals surface area contributed by atoms with Crippen LogP contribution in [-0.4, -0.2) is 61.6 Å². The van der Waals surface area contributed by atoms with Gasteiger partial charge in [-0.15, -0.1) is 0 Å². The highest BCUT2D eigenvalue weighted by Gasteiger charge is 2.30. The number of piperidine rings is 1. The molecule has 0 bridgehead atoms. The number of guanidine groups is 1. The van der Waals surface area contributed by atoms with E-state index in [1.54, 1.807) is 0 Å². The summed E-state index contributed by atoms with van der Waals surface area (Å²) >= 11 is 0. The molecule has 4 nitrogen and oxygen atoms in total. The third kappa shape index (κ3) is 5.15. The van der Waals surface area contributed by atoms with Gasteiger partial charge in [-0.3, -0.25) is 4.99 Å². The molecule has 2 aliphatic heterocycles. The fourth-order valence-corrected chi connectivity index (χ4v) is 3.66. The zero-order valence-corrected chi connectivity index (χ0v) is 15.2. The van der Waals surface area contributed by atoms with Crippen molar-refractivity contribution in [2.45, 2.75) is 53.4 Å². The lowest BCUT2D eigenvalue weighted by atomic mass is 9.93. The topological polar surface area (TPSA) is 30.9 Å². The lowest BCUT2D eigenvalue weighted by Gasteiger charge is -2.30. The minimum atomic E-state index is 0.434. The van der Waals surface area contributed by atoms with E-state index in [4.69, 9.17) is 4.99 Å². The number of aliphatic imine (C=N–C) groups is 1. The van der Waals surface area contributed by atoms with E-state index in [0.29, 0.717) is 5.41 Å². The fraction of sp³-hybridized carbons (Fsp3) is 0.944. The molecule has 128 valence electrons. The van der Waals surface area contributed by atoms with E-state index in [0.717, 1.165) is 38.1 Å². The highest BCUT2D eigenvalue weighted by molar-refractivity contribution is 5.80. The van der Waals surface area contributed by atoms with Gasteiger partial charge in [-0.05, 0) is 63.6 Å². The molecule has 1 N–H and O–H groups in total. The summed E-state index contributed by atoms with van der Waals surface area (Å²) in [4.78, 5) is 9.93.